The molecular formula is C29H39N5O4. The van der Waals surface area contributed by atoms with E-state index in [1.165, 1.54) is 0 Å². The number of hydrogen-bond acceptors (Lipinski definition) is 7. The molecule has 9 nitrogen and oxygen atoms in total. The smallest absolute Gasteiger partial charge is 0.337 e. The largest absolute Gasteiger partial charge is 0.490 e. The third-order valence-corrected chi connectivity index (χ3v) is 6.84. The minimum Gasteiger partial charge on any atom is -0.490 e. The zero-order valence-electron chi connectivity index (χ0n) is 23.3. The Balaban J connectivity index is 1.71. The average Bonchev–Trinajstić information content (AvgIpc) is 3.36. The lowest BCUT2D eigenvalue weighted by atomic mass is 9.82. The van der Waals surface area contributed by atoms with E-state index < -0.39 is 17.7 Å². The number of carboxylic acid groups (broad SMARTS) is 1. The number of pyridine rings is 2. The number of hydrogen-bond donors (Lipinski definition) is 1. The Labute approximate surface area is 224 Å². The lowest BCUT2D eigenvalue weighted by Crippen LogP contribution is -2.39. The van der Waals surface area contributed by atoms with Crippen LogP contribution < -0.4 is 9.64 Å². The quantitative estimate of drug-likeness (QED) is 0.405. The summed E-state index contributed by atoms with van der Waals surface area (Å²) in [7, 11) is 0. The molecule has 4 heterocycles. The normalized spacial score (nSPS) is 16.3. The number of rotatable bonds is 9. The highest BCUT2D eigenvalue weighted by molar-refractivity contribution is 5.85. The summed E-state index contributed by atoms with van der Waals surface area (Å²) in [5.74, 6) is -0.378. The van der Waals surface area contributed by atoms with Gasteiger partial charge in [0.15, 0.2) is 6.10 Å². The van der Waals surface area contributed by atoms with Gasteiger partial charge in [-0.3, -0.25) is 14.6 Å². The summed E-state index contributed by atoms with van der Waals surface area (Å²) in [6.45, 7) is 14.7. The van der Waals surface area contributed by atoms with Gasteiger partial charge in [-0.05, 0) is 64.2 Å². The van der Waals surface area contributed by atoms with Crippen LogP contribution >= 0.6 is 0 Å². The first-order valence-corrected chi connectivity index (χ1v) is 13.2. The Morgan fingerprint density at radius 2 is 1.89 bits per heavy atom. The molecule has 9 heteroatoms. The molecule has 0 bridgehead atoms. The Morgan fingerprint density at radius 3 is 2.47 bits per heavy atom. The van der Waals surface area contributed by atoms with Crippen LogP contribution in [-0.2, 0) is 16.1 Å². The second-order valence-corrected chi connectivity index (χ2v) is 11.6. The van der Waals surface area contributed by atoms with Gasteiger partial charge in [0, 0.05) is 48.5 Å². The van der Waals surface area contributed by atoms with Crippen molar-refractivity contribution in [3.8, 4) is 17.0 Å². The van der Waals surface area contributed by atoms with Crippen LogP contribution in [0.15, 0.2) is 43.0 Å². The van der Waals surface area contributed by atoms with Gasteiger partial charge in [-0.1, -0.05) is 13.8 Å². The van der Waals surface area contributed by atoms with Crippen molar-refractivity contribution in [2.45, 2.75) is 72.6 Å². The van der Waals surface area contributed by atoms with Crippen LogP contribution in [0.5, 0.6) is 5.75 Å². The van der Waals surface area contributed by atoms with E-state index in [1.807, 2.05) is 56.8 Å². The fraction of sp³-hybridized carbons (Fsp3) is 0.517. The van der Waals surface area contributed by atoms with Crippen LogP contribution in [0.1, 0.15) is 64.8 Å². The van der Waals surface area contributed by atoms with Crippen LogP contribution in [-0.4, -0.2) is 56.1 Å². The average molecular weight is 522 g/mol. The van der Waals surface area contributed by atoms with E-state index in [2.05, 4.69) is 28.8 Å². The van der Waals surface area contributed by atoms with Crippen LogP contribution in [0.2, 0.25) is 0 Å². The van der Waals surface area contributed by atoms with E-state index in [9.17, 15) is 9.90 Å². The predicted molar refractivity (Wildman–Crippen MR) is 146 cm³/mol. The fourth-order valence-corrected chi connectivity index (χ4v) is 4.69. The van der Waals surface area contributed by atoms with Crippen molar-refractivity contribution >= 4 is 11.7 Å². The van der Waals surface area contributed by atoms with E-state index in [4.69, 9.17) is 14.5 Å². The summed E-state index contributed by atoms with van der Waals surface area (Å²) in [6.07, 6.45) is 7.97. The number of carbonyl (C=O) groups is 1. The molecule has 38 heavy (non-hydrogen) atoms. The van der Waals surface area contributed by atoms with Gasteiger partial charge in [0.1, 0.15) is 12.4 Å². The number of carboxylic acids is 1. The van der Waals surface area contributed by atoms with Gasteiger partial charge < -0.3 is 19.5 Å². The molecule has 0 aliphatic carbocycles. The molecule has 1 aliphatic heterocycles. The number of aliphatic carboxylic acids is 1. The number of nitrogens with zero attached hydrogens (tertiary/aromatic N) is 5. The van der Waals surface area contributed by atoms with Crippen LogP contribution in [0.3, 0.4) is 0 Å². The zero-order valence-corrected chi connectivity index (χ0v) is 23.3. The Kier molecular flexibility index (Phi) is 8.06. The molecule has 3 aromatic rings. The SMILES string of the molecule is Cc1ncc(-c2ccc(OCCn3cccn3)cn2)c(N2CCC(C)(C)CC2)c1[C@H](OC(C)(C)C)C(=O)O. The van der Waals surface area contributed by atoms with Gasteiger partial charge in [0.2, 0.25) is 0 Å². The zero-order chi connectivity index (χ0) is 27.5. The maximum Gasteiger partial charge on any atom is 0.337 e. The highest BCUT2D eigenvalue weighted by atomic mass is 16.5. The molecule has 3 aromatic heterocycles. The van der Waals surface area contributed by atoms with E-state index in [1.54, 1.807) is 18.6 Å². The molecule has 1 aliphatic rings. The summed E-state index contributed by atoms with van der Waals surface area (Å²) in [5.41, 5.74) is 3.15. The lowest BCUT2D eigenvalue weighted by molar-refractivity contribution is -0.160. The van der Waals surface area contributed by atoms with Crippen molar-refractivity contribution in [2.75, 3.05) is 24.6 Å². The number of aryl methyl sites for hydroxylation is 1. The van der Waals surface area contributed by atoms with Crippen molar-refractivity contribution < 1.29 is 19.4 Å². The third-order valence-electron chi connectivity index (χ3n) is 6.84. The van der Waals surface area contributed by atoms with Crippen molar-refractivity contribution in [2.24, 2.45) is 5.41 Å². The van der Waals surface area contributed by atoms with Crippen LogP contribution in [0, 0.1) is 12.3 Å². The number of piperidine rings is 1. The summed E-state index contributed by atoms with van der Waals surface area (Å²) in [6, 6.07) is 5.66. The maximum absolute atomic E-state index is 12.5. The summed E-state index contributed by atoms with van der Waals surface area (Å²) in [5, 5.41) is 14.4. The molecule has 1 N–H and O–H groups in total. The highest BCUT2D eigenvalue weighted by Crippen LogP contribution is 2.43. The molecular weight excluding hydrogens is 482 g/mol. The van der Waals surface area contributed by atoms with E-state index >= 15 is 0 Å². The van der Waals surface area contributed by atoms with Crippen molar-refractivity contribution in [1.82, 2.24) is 19.7 Å². The standard InChI is InChI=1S/C29H39N5O4/c1-20-24(26(27(35)36)38-28(2,3)4)25(33-14-10-29(5,6)11-15-33)22(19-30-20)23-9-8-21(18-31-23)37-17-16-34-13-7-12-32-34/h7-9,12-13,18-19,26H,10-11,14-17H2,1-6H3,(H,35,36)/t26-/m0/s1. The summed E-state index contributed by atoms with van der Waals surface area (Å²) in [4.78, 5) is 24.1. The van der Waals surface area contributed by atoms with Crippen LogP contribution in [0.25, 0.3) is 11.3 Å². The topological polar surface area (TPSA) is 103 Å². The number of ether oxygens (including phenoxy) is 2. The number of anilines is 1. The molecule has 0 amide bonds. The first kappa shape index (κ1) is 27.6. The fourth-order valence-electron chi connectivity index (χ4n) is 4.69. The van der Waals surface area contributed by atoms with Gasteiger partial charge >= 0.3 is 5.97 Å². The molecule has 1 saturated heterocycles. The highest BCUT2D eigenvalue weighted by Gasteiger charge is 2.36. The molecule has 0 spiro atoms. The predicted octanol–water partition coefficient (Wildman–Crippen LogP) is 5.29. The van der Waals surface area contributed by atoms with E-state index in [-0.39, 0.29) is 5.41 Å². The number of aromatic nitrogens is 4. The van der Waals surface area contributed by atoms with Crippen LogP contribution in [0.4, 0.5) is 5.69 Å². The van der Waals surface area contributed by atoms with Crippen molar-refractivity contribution in [1.29, 1.82) is 0 Å². The minimum absolute atomic E-state index is 0.237. The second kappa shape index (κ2) is 11.1. The Morgan fingerprint density at radius 1 is 1.16 bits per heavy atom. The molecule has 0 radical (unpaired) electrons. The van der Waals surface area contributed by atoms with Gasteiger partial charge in [-0.25, -0.2) is 4.79 Å². The lowest BCUT2D eigenvalue weighted by Gasteiger charge is -2.40. The molecule has 1 fully saturated rings. The summed E-state index contributed by atoms with van der Waals surface area (Å²) >= 11 is 0. The minimum atomic E-state index is -1.16. The Bertz CT molecular complexity index is 1220. The molecule has 0 unspecified atom stereocenters. The summed E-state index contributed by atoms with van der Waals surface area (Å²) < 4.78 is 13.8. The monoisotopic (exact) mass is 521 g/mol. The molecule has 4 rings (SSSR count). The van der Waals surface area contributed by atoms with E-state index in [0.29, 0.717) is 35.9 Å². The van der Waals surface area contributed by atoms with Crippen molar-refractivity contribution in [3.05, 3.63) is 54.2 Å². The Hall–Kier alpha value is -3.46. The molecule has 0 saturated carbocycles. The van der Waals surface area contributed by atoms with Gasteiger partial charge in [0.05, 0.1) is 29.7 Å². The van der Waals surface area contributed by atoms with Gasteiger partial charge in [0.25, 0.3) is 0 Å². The van der Waals surface area contributed by atoms with E-state index in [0.717, 1.165) is 37.2 Å². The molecule has 204 valence electrons. The van der Waals surface area contributed by atoms with Gasteiger partial charge in [-0.2, -0.15) is 5.10 Å². The third kappa shape index (κ3) is 6.69. The second-order valence-electron chi connectivity index (χ2n) is 11.6. The van der Waals surface area contributed by atoms with Crippen molar-refractivity contribution in [3.63, 3.8) is 0 Å². The molecule has 1 atom stereocenters. The first-order valence-electron chi connectivity index (χ1n) is 13.2. The van der Waals surface area contributed by atoms with Gasteiger partial charge in [-0.15, -0.1) is 0 Å². The molecule has 0 aromatic carbocycles. The first-order chi connectivity index (χ1) is 17.9. The maximum atomic E-state index is 12.5.